The first kappa shape index (κ1) is 61.5. The summed E-state index contributed by atoms with van der Waals surface area (Å²) in [4.78, 5) is 128. The molecule has 0 aromatic heterocycles. The van der Waals surface area contributed by atoms with Crippen molar-refractivity contribution < 1.29 is 57.7 Å². The number of benzene rings is 1. The molecule has 1 aromatic rings. The second-order valence-corrected chi connectivity index (χ2v) is 20.8. The van der Waals surface area contributed by atoms with Crippen molar-refractivity contribution in [1.29, 1.82) is 0 Å². The second kappa shape index (κ2) is 29.1. The zero-order chi connectivity index (χ0) is 53.9. The molecule has 1 saturated heterocycles. The van der Waals surface area contributed by atoms with E-state index in [1.165, 1.54) is 25.9 Å². The van der Waals surface area contributed by atoms with Gasteiger partial charge in [-0.15, -0.1) is 0 Å². The van der Waals surface area contributed by atoms with Crippen LogP contribution in [0.1, 0.15) is 140 Å². The maximum Gasteiger partial charge on any atom is 0.329 e. The molecule has 1 aliphatic rings. The Morgan fingerprint density at radius 2 is 1.38 bits per heavy atom. The number of likely N-dealkylation sites (N-methyl/N-ethyl adjacent to an activating group) is 1. The molecule has 0 radical (unpaired) electrons. The van der Waals surface area contributed by atoms with Crippen molar-refractivity contribution in [3.05, 3.63) is 29.8 Å². The molecule has 0 spiro atoms. The summed E-state index contributed by atoms with van der Waals surface area (Å²) in [7, 11) is 2.87. The number of aliphatic hydroxyl groups is 1. The summed E-state index contributed by atoms with van der Waals surface area (Å²) in [5.41, 5.74) is 0.150. The molecule has 7 N–H and O–H groups in total. The predicted octanol–water partition coefficient (Wildman–Crippen LogP) is 3.27. The first-order chi connectivity index (χ1) is 33.2. The quantitative estimate of drug-likeness (QED) is 0.0929. The lowest BCUT2D eigenvalue weighted by Crippen LogP contribution is -2.61. The van der Waals surface area contributed by atoms with Gasteiger partial charge in [0.25, 0.3) is 0 Å². The maximum atomic E-state index is 14.8. The van der Waals surface area contributed by atoms with Gasteiger partial charge >= 0.3 is 5.97 Å². The SMILES string of the molecule is CC[C@H](C)[C@@H]1NC(=O)[C@H](Cc2ccc(OC(C)(C)C)cc2)N(C)C(=O)[C@H]([C@@H](C)CC)NC(=O)[C@H](CCCO)NC(=O)[C@H](CC(C)C)NC(=O)[C@@H](NC(=O)[C@H](CCC(=O)NC)CC(=O)C(C)C)[C@@H](C)OC1=O. The molecule has 1 heterocycles. The van der Waals surface area contributed by atoms with Crippen LogP contribution in [0.5, 0.6) is 5.75 Å². The maximum absolute atomic E-state index is 14.8. The number of ketones is 1. The Hall–Kier alpha value is -5.59. The van der Waals surface area contributed by atoms with Gasteiger partial charge in [-0.3, -0.25) is 38.4 Å². The fraction of sp³-hybridized carbons (Fsp3) is 0.712. The number of carbonyl (C=O) groups excluding carboxylic acids is 9. The number of amides is 7. The molecule has 71 heavy (non-hydrogen) atoms. The van der Waals surface area contributed by atoms with Crippen LogP contribution in [-0.2, 0) is 54.3 Å². The summed E-state index contributed by atoms with van der Waals surface area (Å²) in [6, 6.07) is -1.09. The Morgan fingerprint density at radius 1 is 0.817 bits per heavy atom. The topological polar surface area (TPSA) is 268 Å². The zero-order valence-electron chi connectivity index (χ0n) is 44.7. The van der Waals surface area contributed by atoms with Gasteiger partial charge in [0.15, 0.2) is 0 Å². The largest absolute Gasteiger partial charge is 0.488 e. The number of aliphatic hydroxyl groups excluding tert-OH is 1. The van der Waals surface area contributed by atoms with Crippen molar-refractivity contribution in [3.8, 4) is 5.75 Å². The van der Waals surface area contributed by atoms with Gasteiger partial charge in [0.1, 0.15) is 59.5 Å². The second-order valence-electron chi connectivity index (χ2n) is 20.8. The lowest BCUT2D eigenvalue weighted by atomic mass is 9.91. The molecule has 0 bridgehead atoms. The van der Waals surface area contributed by atoms with Gasteiger partial charge in [0.05, 0.1) is 0 Å². The van der Waals surface area contributed by atoms with E-state index in [1.54, 1.807) is 58.9 Å². The first-order valence-electron chi connectivity index (χ1n) is 25.3. The zero-order valence-corrected chi connectivity index (χ0v) is 44.7. The molecule has 0 saturated carbocycles. The molecule has 10 atom stereocenters. The van der Waals surface area contributed by atoms with E-state index in [2.05, 4.69) is 31.9 Å². The number of hydrogen-bond acceptors (Lipinski definition) is 12. The molecular formula is C52H85N7O12. The highest BCUT2D eigenvalue weighted by molar-refractivity contribution is 5.98. The fourth-order valence-corrected chi connectivity index (χ4v) is 7.93. The van der Waals surface area contributed by atoms with E-state index in [4.69, 9.17) is 9.47 Å². The molecule has 1 aliphatic heterocycles. The minimum absolute atomic E-state index is 0.0369. The van der Waals surface area contributed by atoms with E-state index in [0.29, 0.717) is 24.2 Å². The number of carbonyl (C=O) groups is 9. The van der Waals surface area contributed by atoms with Crippen LogP contribution >= 0.6 is 0 Å². The van der Waals surface area contributed by atoms with Crippen LogP contribution in [0.15, 0.2) is 24.3 Å². The molecule has 7 amide bonds. The van der Waals surface area contributed by atoms with Crippen LogP contribution in [-0.4, -0.2) is 132 Å². The van der Waals surface area contributed by atoms with Gasteiger partial charge in [-0.05, 0) is 88.8 Å². The third kappa shape index (κ3) is 19.9. The number of ether oxygens (including phenoxy) is 2. The number of cyclic esters (lactones) is 1. The lowest BCUT2D eigenvalue weighted by Gasteiger charge is -2.35. The minimum Gasteiger partial charge on any atom is -0.488 e. The highest BCUT2D eigenvalue weighted by atomic mass is 16.5. The van der Waals surface area contributed by atoms with Crippen molar-refractivity contribution in [2.45, 2.75) is 189 Å². The third-order valence-electron chi connectivity index (χ3n) is 12.9. The van der Waals surface area contributed by atoms with Crippen LogP contribution in [0, 0.1) is 29.6 Å². The molecule has 0 unspecified atom stereocenters. The highest BCUT2D eigenvalue weighted by Crippen LogP contribution is 2.23. The summed E-state index contributed by atoms with van der Waals surface area (Å²) in [6.07, 6.45) is -1.07. The van der Waals surface area contributed by atoms with Gasteiger partial charge in [0.2, 0.25) is 41.4 Å². The Bertz CT molecular complexity index is 1970. The minimum atomic E-state index is -1.69. The molecule has 0 aliphatic carbocycles. The molecule has 1 aromatic carbocycles. The average molecular weight is 1000 g/mol. The smallest absolute Gasteiger partial charge is 0.329 e. The van der Waals surface area contributed by atoms with Crippen LogP contribution in [0.4, 0.5) is 0 Å². The van der Waals surface area contributed by atoms with Crippen LogP contribution in [0.3, 0.4) is 0 Å². The van der Waals surface area contributed by atoms with Gasteiger partial charge in [-0.2, -0.15) is 0 Å². The van der Waals surface area contributed by atoms with Crippen molar-refractivity contribution in [3.63, 3.8) is 0 Å². The average Bonchev–Trinajstić information content (AvgIpc) is 3.30. The molecule has 1 fully saturated rings. The van der Waals surface area contributed by atoms with E-state index >= 15 is 0 Å². The Balaban J connectivity index is 2.91. The number of Topliss-reactive ketones (excluding diaryl/α,β-unsaturated/α-hetero) is 1. The number of hydrogen-bond donors (Lipinski definition) is 7. The summed E-state index contributed by atoms with van der Waals surface area (Å²) in [5, 5.41) is 26.1. The van der Waals surface area contributed by atoms with Gasteiger partial charge < -0.3 is 51.4 Å². The third-order valence-corrected chi connectivity index (χ3v) is 12.9. The monoisotopic (exact) mass is 1000 g/mol. The Labute approximate surface area is 421 Å². The van der Waals surface area contributed by atoms with Crippen molar-refractivity contribution >= 4 is 53.1 Å². The van der Waals surface area contributed by atoms with Crippen molar-refractivity contribution in [1.82, 2.24) is 36.8 Å². The molecule has 19 nitrogen and oxygen atoms in total. The summed E-state index contributed by atoms with van der Waals surface area (Å²) < 4.78 is 12.0. The van der Waals surface area contributed by atoms with Crippen LogP contribution < -0.4 is 36.6 Å². The standard InChI is InChI=1S/C52H85N7O12/c1-15-31(7)42-50(68)59(14)39(27-34-19-22-36(23-20-34)71-52(10,11)12)48(66)57-43(32(8)16-2)51(69)70-33(9)44(58-45(63)35(21-24-41(62)53-13)28-40(61)30(5)6)49(67)55-38(26-29(3)4)47(65)54-37(18-17-25-60)46(64)56-42/h19-20,22-23,29-33,35,37-39,42-44,60H,15-18,21,24-28H2,1-14H3,(H,53,62)(H,54,65)(H,55,67)(H,56,64)(H,57,66)(H,58,63)/t31-,32-,33+,35+,37-,38-,39-,42-,43-,44-/m0/s1. The van der Waals surface area contributed by atoms with Crippen molar-refractivity contribution in [2.24, 2.45) is 29.6 Å². The molecule has 2 rings (SSSR count). The predicted molar refractivity (Wildman–Crippen MR) is 268 cm³/mol. The van der Waals surface area contributed by atoms with Gasteiger partial charge in [0, 0.05) is 51.8 Å². The van der Waals surface area contributed by atoms with E-state index in [-0.39, 0.29) is 69.2 Å². The summed E-state index contributed by atoms with van der Waals surface area (Å²) in [6.45, 7) is 20.8. The lowest BCUT2D eigenvalue weighted by molar-refractivity contribution is -0.158. The van der Waals surface area contributed by atoms with E-state index in [1.807, 2.05) is 41.5 Å². The van der Waals surface area contributed by atoms with Gasteiger partial charge in [-0.1, -0.05) is 80.4 Å². The number of esters is 1. The van der Waals surface area contributed by atoms with E-state index < -0.39 is 113 Å². The molecule has 400 valence electrons. The number of rotatable bonds is 20. The van der Waals surface area contributed by atoms with Crippen LogP contribution in [0.25, 0.3) is 0 Å². The summed E-state index contributed by atoms with van der Waals surface area (Å²) >= 11 is 0. The Morgan fingerprint density at radius 3 is 1.92 bits per heavy atom. The summed E-state index contributed by atoms with van der Waals surface area (Å²) in [5.74, 6) is -8.40. The Kier molecular flexibility index (Phi) is 25.2. The molecule has 19 heteroatoms. The highest BCUT2D eigenvalue weighted by Gasteiger charge is 2.41. The molecular weight excluding hydrogens is 915 g/mol. The van der Waals surface area contributed by atoms with Gasteiger partial charge in [-0.25, -0.2) is 4.79 Å². The van der Waals surface area contributed by atoms with Crippen LogP contribution in [0.2, 0.25) is 0 Å². The number of nitrogens with zero attached hydrogens (tertiary/aromatic N) is 1. The first-order valence-corrected chi connectivity index (χ1v) is 25.3. The normalized spacial score (nSPS) is 23.7. The number of nitrogens with one attached hydrogen (secondary N) is 6. The van der Waals surface area contributed by atoms with E-state index in [9.17, 15) is 48.3 Å². The fourth-order valence-electron chi connectivity index (χ4n) is 7.93. The van der Waals surface area contributed by atoms with E-state index in [0.717, 1.165) is 0 Å². The van der Waals surface area contributed by atoms with Crippen molar-refractivity contribution in [2.75, 3.05) is 20.7 Å².